The van der Waals surface area contributed by atoms with Crippen LogP contribution in [0.3, 0.4) is 0 Å². The van der Waals surface area contributed by atoms with E-state index in [9.17, 15) is 14.3 Å². The van der Waals surface area contributed by atoms with Gasteiger partial charge in [-0.3, -0.25) is 4.79 Å². The number of hydrogen-bond acceptors (Lipinski definition) is 4. The van der Waals surface area contributed by atoms with E-state index in [1.54, 1.807) is 0 Å². The summed E-state index contributed by atoms with van der Waals surface area (Å²) in [6.07, 6.45) is -0.332. The minimum absolute atomic E-state index is 0.131. The number of rotatable bonds is 4. The standard InChI is InChI=1S/C10H12FNO4/c1-16-10-5(7(12)4-8(13)14)2-3-6(11)9(10)15/h2-3,7,15H,4,12H2,1H3,(H,13,14). The molecule has 0 radical (unpaired) electrons. The average Bonchev–Trinajstić information content (AvgIpc) is 2.20. The van der Waals surface area contributed by atoms with Crippen LogP contribution in [0.15, 0.2) is 12.1 Å². The summed E-state index contributed by atoms with van der Waals surface area (Å²) in [6.45, 7) is 0. The number of nitrogens with two attached hydrogens (primary N) is 1. The van der Waals surface area contributed by atoms with Crippen LogP contribution in [0.4, 0.5) is 4.39 Å². The predicted octanol–water partition coefficient (Wildman–Crippen LogP) is 1.01. The highest BCUT2D eigenvalue weighted by Gasteiger charge is 2.20. The second kappa shape index (κ2) is 4.80. The van der Waals surface area contributed by atoms with Crippen LogP contribution in [-0.2, 0) is 4.79 Å². The first-order valence-corrected chi connectivity index (χ1v) is 4.50. The van der Waals surface area contributed by atoms with E-state index in [1.165, 1.54) is 13.2 Å². The molecule has 0 aromatic heterocycles. The summed E-state index contributed by atoms with van der Waals surface area (Å²) in [6, 6.07) is 1.44. The molecule has 5 nitrogen and oxygen atoms in total. The van der Waals surface area contributed by atoms with Crippen molar-refractivity contribution in [3.05, 3.63) is 23.5 Å². The molecular formula is C10H12FNO4. The maximum Gasteiger partial charge on any atom is 0.305 e. The van der Waals surface area contributed by atoms with Crippen molar-refractivity contribution in [1.29, 1.82) is 0 Å². The fourth-order valence-electron chi connectivity index (χ4n) is 1.37. The first-order chi connectivity index (χ1) is 7.47. The molecule has 1 atom stereocenters. The van der Waals surface area contributed by atoms with Crippen molar-refractivity contribution in [2.45, 2.75) is 12.5 Å². The van der Waals surface area contributed by atoms with Crippen molar-refractivity contribution in [1.82, 2.24) is 0 Å². The molecule has 0 fully saturated rings. The average molecular weight is 229 g/mol. The molecule has 1 rings (SSSR count). The third-order valence-corrected chi connectivity index (χ3v) is 2.11. The Kier molecular flexibility index (Phi) is 3.68. The van der Waals surface area contributed by atoms with E-state index in [1.807, 2.05) is 0 Å². The number of phenolic OH excluding ortho intramolecular Hbond substituents is 1. The Morgan fingerprint density at radius 1 is 1.62 bits per heavy atom. The molecule has 1 unspecified atom stereocenters. The number of carboxylic acid groups (broad SMARTS) is 1. The van der Waals surface area contributed by atoms with Gasteiger partial charge in [-0.05, 0) is 6.07 Å². The number of ether oxygens (including phenoxy) is 1. The Labute approximate surface area is 91.3 Å². The van der Waals surface area contributed by atoms with E-state index < -0.39 is 23.6 Å². The summed E-state index contributed by atoms with van der Waals surface area (Å²) >= 11 is 0. The predicted molar refractivity (Wildman–Crippen MR) is 53.8 cm³/mol. The SMILES string of the molecule is COc1c(C(N)CC(=O)O)ccc(F)c1O. The lowest BCUT2D eigenvalue weighted by atomic mass is 10.0. The van der Waals surface area contributed by atoms with Crippen molar-refractivity contribution in [3.8, 4) is 11.5 Å². The molecule has 6 heteroatoms. The summed E-state index contributed by atoms with van der Waals surface area (Å²) in [7, 11) is 1.24. The lowest BCUT2D eigenvalue weighted by Crippen LogP contribution is -2.16. The van der Waals surface area contributed by atoms with Gasteiger partial charge in [0.25, 0.3) is 0 Å². The first-order valence-electron chi connectivity index (χ1n) is 4.50. The van der Waals surface area contributed by atoms with Gasteiger partial charge in [-0.2, -0.15) is 0 Å². The van der Waals surface area contributed by atoms with Crippen molar-refractivity contribution in [3.63, 3.8) is 0 Å². The highest BCUT2D eigenvalue weighted by atomic mass is 19.1. The third-order valence-electron chi connectivity index (χ3n) is 2.11. The van der Waals surface area contributed by atoms with E-state index in [-0.39, 0.29) is 17.7 Å². The quantitative estimate of drug-likeness (QED) is 0.716. The largest absolute Gasteiger partial charge is 0.502 e. The molecule has 1 aromatic carbocycles. The van der Waals surface area contributed by atoms with Crippen LogP contribution in [0.1, 0.15) is 18.0 Å². The normalized spacial score (nSPS) is 12.2. The molecule has 1 aromatic rings. The number of hydrogen-bond donors (Lipinski definition) is 3. The van der Waals surface area contributed by atoms with Crippen LogP contribution in [0.25, 0.3) is 0 Å². The van der Waals surface area contributed by atoms with E-state index >= 15 is 0 Å². The Bertz CT molecular complexity index is 408. The van der Waals surface area contributed by atoms with Gasteiger partial charge in [0.15, 0.2) is 17.3 Å². The van der Waals surface area contributed by atoms with E-state index in [2.05, 4.69) is 0 Å². The van der Waals surface area contributed by atoms with E-state index in [0.29, 0.717) is 0 Å². The lowest BCUT2D eigenvalue weighted by Gasteiger charge is -2.15. The zero-order valence-electron chi connectivity index (χ0n) is 8.61. The maximum atomic E-state index is 13.0. The highest BCUT2D eigenvalue weighted by Crippen LogP contribution is 2.36. The molecule has 0 spiro atoms. The molecule has 88 valence electrons. The van der Waals surface area contributed by atoms with Crippen LogP contribution in [0, 0.1) is 5.82 Å². The van der Waals surface area contributed by atoms with Crippen molar-refractivity contribution >= 4 is 5.97 Å². The lowest BCUT2D eigenvalue weighted by molar-refractivity contribution is -0.137. The van der Waals surface area contributed by atoms with Gasteiger partial charge in [0.2, 0.25) is 0 Å². The summed E-state index contributed by atoms with van der Waals surface area (Å²) in [5.41, 5.74) is 5.85. The van der Waals surface area contributed by atoms with E-state index in [4.69, 9.17) is 15.6 Å². The Hall–Kier alpha value is -1.82. The number of aromatic hydroxyl groups is 1. The van der Waals surface area contributed by atoms with E-state index in [0.717, 1.165) is 6.07 Å². The van der Waals surface area contributed by atoms with Gasteiger partial charge < -0.3 is 20.7 Å². The number of carbonyl (C=O) groups is 1. The number of phenols is 1. The molecule has 0 saturated heterocycles. The second-order valence-electron chi connectivity index (χ2n) is 3.22. The number of carboxylic acids is 1. The van der Waals surface area contributed by atoms with Crippen LogP contribution < -0.4 is 10.5 Å². The molecule has 16 heavy (non-hydrogen) atoms. The van der Waals surface area contributed by atoms with Gasteiger partial charge in [-0.25, -0.2) is 4.39 Å². The zero-order chi connectivity index (χ0) is 12.3. The Morgan fingerprint density at radius 3 is 2.75 bits per heavy atom. The molecule has 0 amide bonds. The molecular weight excluding hydrogens is 217 g/mol. The molecule has 0 aliphatic heterocycles. The van der Waals surface area contributed by atoms with Gasteiger partial charge in [-0.15, -0.1) is 0 Å². The van der Waals surface area contributed by atoms with Crippen LogP contribution in [0.2, 0.25) is 0 Å². The minimum Gasteiger partial charge on any atom is -0.502 e. The number of halogens is 1. The summed E-state index contributed by atoms with van der Waals surface area (Å²) in [5, 5.41) is 17.9. The summed E-state index contributed by atoms with van der Waals surface area (Å²) < 4.78 is 17.8. The molecule has 0 aliphatic carbocycles. The fourth-order valence-corrected chi connectivity index (χ4v) is 1.37. The van der Waals surface area contributed by atoms with Gasteiger partial charge in [-0.1, -0.05) is 6.07 Å². The second-order valence-corrected chi connectivity index (χ2v) is 3.22. The van der Waals surface area contributed by atoms with Gasteiger partial charge >= 0.3 is 5.97 Å². The Balaban J connectivity index is 3.13. The maximum absolute atomic E-state index is 13.0. The molecule has 0 heterocycles. The Morgan fingerprint density at radius 2 is 2.25 bits per heavy atom. The smallest absolute Gasteiger partial charge is 0.305 e. The van der Waals surface area contributed by atoms with Gasteiger partial charge in [0, 0.05) is 11.6 Å². The highest BCUT2D eigenvalue weighted by molar-refractivity contribution is 5.68. The number of aliphatic carboxylic acids is 1. The monoisotopic (exact) mass is 229 g/mol. The van der Waals surface area contributed by atoms with Crippen LogP contribution in [0.5, 0.6) is 11.5 Å². The fraction of sp³-hybridized carbons (Fsp3) is 0.300. The molecule has 4 N–H and O–H groups in total. The zero-order valence-corrected chi connectivity index (χ0v) is 8.61. The summed E-state index contributed by atoms with van der Waals surface area (Å²) in [5.74, 6) is -2.73. The number of methoxy groups -OCH3 is 1. The third kappa shape index (κ3) is 2.40. The molecule has 0 bridgehead atoms. The number of benzene rings is 1. The first kappa shape index (κ1) is 12.3. The van der Waals surface area contributed by atoms with Crippen LogP contribution in [-0.4, -0.2) is 23.3 Å². The van der Waals surface area contributed by atoms with Crippen LogP contribution >= 0.6 is 0 Å². The molecule has 0 aliphatic rings. The summed E-state index contributed by atoms with van der Waals surface area (Å²) in [4.78, 5) is 10.5. The molecule has 0 saturated carbocycles. The van der Waals surface area contributed by atoms with Crippen molar-refractivity contribution < 1.29 is 24.1 Å². The van der Waals surface area contributed by atoms with Gasteiger partial charge in [0.1, 0.15) is 0 Å². The topological polar surface area (TPSA) is 92.8 Å². The van der Waals surface area contributed by atoms with Crippen molar-refractivity contribution in [2.75, 3.05) is 7.11 Å². The minimum atomic E-state index is -1.08. The van der Waals surface area contributed by atoms with Crippen molar-refractivity contribution in [2.24, 2.45) is 5.73 Å². The van der Waals surface area contributed by atoms with Gasteiger partial charge in [0.05, 0.1) is 13.5 Å².